The van der Waals surface area contributed by atoms with E-state index in [1.807, 2.05) is 0 Å². The van der Waals surface area contributed by atoms with Gasteiger partial charge in [0, 0.05) is 28.6 Å². The third-order valence-corrected chi connectivity index (χ3v) is 6.30. The molecule has 9 nitrogen and oxygen atoms in total. The Labute approximate surface area is 257 Å². The lowest BCUT2D eigenvalue weighted by molar-refractivity contribution is -0.574. The molecule has 0 fully saturated rings. The van der Waals surface area contributed by atoms with E-state index in [0.29, 0.717) is 16.7 Å². The van der Waals surface area contributed by atoms with Crippen molar-refractivity contribution in [3.63, 3.8) is 0 Å². The quantitative estimate of drug-likeness (QED) is 0.0955. The van der Waals surface area contributed by atoms with Crippen LogP contribution in [0.2, 0.25) is 0 Å². The maximum absolute atomic E-state index is 14.1. The lowest BCUT2D eigenvalue weighted by Crippen LogP contribution is -2.51. The fourth-order valence-electron chi connectivity index (χ4n) is 3.91. The number of hydrogen-bond acceptors (Lipinski definition) is 9. The number of nitrogens with two attached hydrogens (primary N) is 2. The van der Waals surface area contributed by atoms with Crippen molar-refractivity contribution in [3.05, 3.63) is 54.6 Å². The second-order valence-electron chi connectivity index (χ2n) is 11.6. The van der Waals surface area contributed by atoms with Gasteiger partial charge in [0.2, 0.25) is 0 Å². The van der Waals surface area contributed by atoms with Gasteiger partial charge in [-0.15, -0.1) is 17.6 Å². The Hall–Kier alpha value is -3.51. The minimum absolute atomic E-state index is 0.0213. The van der Waals surface area contributed by atoms with Crippen LogP contribution in [0.1, 0.15) is 34.1 Å². The van der Waals surface area contributed by atoms with Crippen molar-refractivity contribution >= 4 is 16.9 Å². The fraction of sp³-hybridized carbons (Fsp3) is 0.483. The average molecular weight is 673 g/mol. The minimum atomic E-state index is -5.92. The van der Waals surface area contributed by atoms with Crippen LogP contribution in [0.4, 0.5) is 35.1 Å². The molecule has 4 N–H and O–H groups in total. The van der Waals surface area contributed by atoms with E-state index in [1.165, 1.54) is 26.0 Å². The first kappa shape index (κ1) is 37.0. The van der Waals surface area contributed by atoms with Crippen molar-refractivity contribution in [2.75, 3.05) is 13.2 Å². The molecule has 1 atom stereocenters. The molecule has 0 aliphatic heterocycles. The summed E-state index contributed by atoms with van der Waals surface area (Å²) in [4.78, 5) is 12.3. The number of carbonyl (C=O) groups excluding carboxylic acids is 1. The van der Waals surface area contributed by atoms with E-state index in [9.17, 15) is 39.9 Å². The maximum Gasteiger partial charge on any atom is 0.496 e. The molecule has 0 amide bonds. The molecule has 3 rings (SSSR count). The lowest BCUT2D eigenvalue weighted by atomic mass is 9.79. The topological polar surface area (TPSA) is 128 Å². The molecule has 0 saturated heterocycles. The number of benzene rings is 2. The maximum atomic E-state index is 14.1. The molecule has 0 saturated carbocycles. The van der Waals surface area contributed by atoms with Crippen LogP contribution >= 0.6 is 0 Å². The van der Waals surface area contributed by atoms with E-state index >= 15 is 0 Å². The highest BCUT2D eigenvalue weighted by molar-refractivity contribution is 5.84. The summed E-state index contributed by atoms with van der Waals surface area (Å²) in [6, 6.07) is 13.2. The highest BCUT2D eigenvalue weighted by Crippen LogP contribution is 2.38. The number of fused-ring (bicyclic) bond motifs is 1. The SMILES string of the molecule is CC(C)(N)CC(N)C(C)(C)C(=O)OCC(F)(F)OC(F)(F)OC(F)(F)OC(F)(F)COc1ccc2cc(-c3ccccc3)oc2c1. The predicted molar refractivity (Wildman–Crippen MR) is 146 cm³/mol. The molecule has 0 aliphatic rings. The summed E-state index contributed by atoms with van der Waals surface area (Å²) in [5, 5.41) is 0.547. The zero-order valence-electron chi connectivity index (χ0n) is 24.9. The number of esters is 1. The van der Waals surface area contributed by atoms with Crippen LogP contribution < -0.4 is 16.2 Å². The lowest BCUT2D eigenvalue weighted by Gasteiger charge is -2.34. The van der Waals surface area contributed by atoms with Gasteiger partial charge in [-0.25, -0.2) is 14.2 Å². The molecule has 46 heavy (non-hydrogen) atoms. The first-order chi connectivity index (χ1) is 20.9. The minimum Gasteiger partial charge on any atom is -0.484 e. The molecule has 1 unspecified atom stereocenters. The molecule has 0 spiro atoms. The van der Waals surface area contributed by atoms with Crippen molar-refractivity contribution in [1.29, 1.82) is 0 Å². The first-order valence-electron chi connectivity index (χ1n) is 13.4. The zero-order chi connectivity index (χ0) is 34.8. The van der Waals surface area contributed by atoms with E-state index in [4.69, 9.17) is 20.6 Å². The van der Waals surface area contributed by atoms with Crippen LogP contribution in [0.5, 0.6) is 5.75 Å². The van der Waals surface area contributed by atoms with Crippen molar-refractivity contribution in [2.24, 2.45) is 16.9 Å². The number of ether oxygens (including phenoxy) is 5. The largest absolute Gasteiger partial charge is 0.496 e. The van der Waals surface area contributed by atoms with E-state index in [2.05, 4.69) is 18.9 Å². The Morgan fingerprint density at radius 2 is 1.37 bits per heavy atom. The molecule has 1 aromatic heterocycles. The van der Waals surface area contributed by atoms with E-state index in [-0.39, 0.29) is 17.8 Å². The van der Waals surface area contributed by atoms with Gasteiger partial charge < -0.3 is 25.4 Å². The molecule has 17 heteroatoms. The van der Waals surface area contributed by atoms with Gasteiger partial charge in [-0.05, 0) is 52.3 Å². The van der Waals surface area contributed by atoms with Crippen molar-refractivity contribution in [3.8, 4) is 17.1 Å². The smallest absolute Gasteiger partial charge is 0.484 e. The van der Waals surface area contributed by atoms with Gasteiger partial charge in [-0.3, -0.25) is 4.79 Å². The normalized spacial score (nSPS) is 14.4. The number of halogens is 8. The Balaban J connectivity index is 1.55. The number of carbonyl (C=O) groups is 1. The third kappa shape index (κ3) is 10.8. The molecule has 0 aliphatic carbocycles. The second-order valence-corrected chi connectivity index (χ2v) is 11.6. The van der Waals surface area contributed by atoms with Crippen molar-refractivity contribution in [2.45, 2.75) is 70.5 Å². The molecule has 0 bridgehead atoms. The molecule has 3 aromatic rings. The molecule has 256 valence electrons. The van der Waals surface area contributed by atoms with Gasteiger partial charge in [0.25, 0.3) is 0 Å². The van der Waals surface area contributed by atoms with Gasteiger partial charge in [0.05, 0.1) is 5.41 Å². The zero-order valence-corrected chi connectivity index (χ0v) is 24.9. The standard InChI is InChI=1S/C29H32F8N2O7/c1-24(2,39)14-22(38)25(3,4)23(40)42-16-27(32,33)45-29(36,37)46-28(34,35)44-26(30,31)15-41-19-11-10-18-12-20(43-21(18)13-19)17-8-6-5-7-9-17/h5-13,22H,14-16,38-39H2,1-4H3. The Morgan fingerprint density at radius 3 is 1.93 bits per heavy atom. The molecular weight excluding hydrogens is 640 g/mol. The van der Waals surface area contributed by atoms with Crippen molar-refractivity contribution in [1.82, 2.24) is 0 Å². The van der Waals surface area contributed by atoms with E-state index in [0.717, 1.165) is 6.07 Å². The van der Waals surface area contributed by atoms with Gasteiger partial charge in [-0.1, -0.05) is 30.3 Å². The summed E-state index contributed by atoms with van der Waals surface area (Å²) in [7, 11) is 0. The van der Waals surface area contributed by atoms with E-state index in [1.54, 1.807) is 50.2 Å². The summed E-state index contributed by atoms with van der Waals surface area (Å²) >= 11 is 0. The van der Waals surface area contributed by atoms with Gasteiger partial charge in [0.15, 0.2) is 13.2 Å². The molecule has 2 aromatic carbocycles. The molecular formula is C29H32F8N2O7. The summed E-state index contributed by atoms with van der Waals surface area (Å²) in [6.07, 6.45) is -21.9. The number of alkyl halides is 8. The third-order valence-electron chi connectivity index (χ3n) is 6.30. The summed E-state index contributed by atoms with van der Waals surface area (Å²) in [5.74, 6) is -1.25. The number of furan rings is 1. The highest BCUT2D eigenvalue weighted by atomic mass is 19.3. The number of rotatable bonds is 16. The first-order valence-corrected chi connectivity index (χ1v) is 13.4. The summed E-state index contributed by atoms with van der Waals surface area (Å²) in [5.41, 5.74) is 10.1. The van der Waals surface area contributed by atoms with Gasteiger partial charge >= 0.3 is 30.8 Å². The molecule has 1 heterocycles. The molecule has 0 radical (unpaired) electrons. The predicted octanol–water partition coefficient (Wildman–Crippen LogP) is 6.84. The van der Waals surface area contributed by atoms with Crippen molar-refractivity contribution < 1.29 is 68.0 Å². The highest BCUT2D eigenvalue weighted by Gasteiger charge is 2.57. The summed E-state index contributed by atoms with van der Waals surface area (Å²) < 4.78 is 135. The van der Waals surface area contributed by atoms with Crippen LogP contribution in [0.15, 0.2) is 59.0 Å². The Bertz CT molecular complexity index is 1480. The van der Waals surface area contributed by atoms with Crippen LogP contribution in [0, 0.1) is 5.41 Å². The monoisotopic (exact) mass is 672 g/mol. The van der Waals surface area contributed by atoms with Gasteiger partial charge in [0.1, 0.15) is 17.1 Å². The number of hydrogen-bond donors (Lipinski definition) is 2. The average Bonchev–Trinajstić information content (AvgIpc) is 3.32. The van der Waals surface area contributed by atoms with Crippen LogP contribution in [0.25, 0.3) is 22.3 Å². The van der Waals surface area contributed by atoms with Gasteiger partial charge in [-0.2, -0.15) is 17.6 Å². The van der Waals surface area contributed by atoms with Crippen LogP contribution in [0.3, 0.4) is 0 Å². The Morgan fingerprint density at radius 1 is 0.804 bits per heavy atom. The Kier molecular flexibility index (Phi) is 10.7. The second kappa shape index (κ2) is 13.3. The summed E-state index contributed by atoms with van der Waals surface area (Å²) in [6.45, 7) is 1.42. The fourth-order valence-corrected chi connectivity index (χ4v) is 3.91. The van der Waals surface area contributed by atoms with E-state index < -0.39 is 61.0 Å². The van der Waals surface area contributed by atoms with Crippen LogP contribution in [-0.4, -0.2) is 55.6 Å². The van der Waals surface area contributed by atoms with Crippen LogP contribution in [-0.2, 0) is 23.7 Å².